The van der Waals surface area contributed by atoms with Gasteiger partial charge in [0.05, 0.1) is 12.7 Å². The number of ether oxygens (including phenoxy) is 1. The lowest BCUT2D eigenvalue weighted by Crippen LogP contribution is -2.25. The van der Waals surface area contributed by atoms with E-state index in [1.54, 1.807) is 0 Å². The van der Waals surface area contributed by atoms with E-state index in [-0.39, 0.29) is 0 Å². The van der Waals surface area contributed by atoms with Crippen molar-refractivity contribution < 1.29 is 4.74 Å². The number of hydrogen-bond acceptors (Lipinski definition) is 5. The summed E-state index contributed by atoms with van der Waals surface area (Å²) in [6, 6.07) is 0. The van der Waals surface area contributed by atoms with Crippen LogP contribution >= 0.6 is 0 Å². The highest BCUT2D eigenvalue weighted by Crippen LogP contribution is 2.05. The van der Waals surface area contributed by atoms with Crippen LogP contribution in [0.2, 0.25) is 0 Å². The van der Waals surface area contributed by atoms with Crippen molar-refractivity contribution in [1.82, 2.24) is 16.0 Å². The van der Waals surface area contributed by atoms with Crippen LogP contribution < -0.4 is 21.7 Å². The molecule has 1 saturated heterocycles. The summed E-state index contributed by atoms with van der Waals surface area (Å²) in [5, 5.41) is 10.3. The second-order valence-corrected chi connectivity index (χ2v) is 4.86. The molecule has 0 aliphatic carbocycles. The van der Waals surface area contributed by atoms with E-state index in [9.17, 15) is 0 Å². The average molecular weight is 258 g/mol. The Kier molecular flexibility index (Phi) is 10.5. The number of rotatable bonds is 14. The third kappa shape index (κ3) is 10.9. The number of epoxide rings is 1. The van der Waals surface area contributed by atoms with Crippen LogP contribution in [0.1, 0.15) is 25.7 Å². The Bertz CT molecular complexity index is 176. The summed E-state index contributed by atoms with van der Waals surface area (Å²) in [4.78, 5) is 0. The molecule has 0 aromatic heterocycles. The zero-order valence-corrected chi connectivity index (χ0v) is 11.5. The summed E-state index contributed by atoms with van der Waals surface area (Å²) in [5.41, 5.74) is 5.42. The lowest BCUT2D eigenvalue weighted by Gasteiger charge is -2.06. The fourth-order valence-electron chi connectivity index (χ4n) is 1.76. The minimum Gasteiger partial charge on any atom is -0.372 e. The fourth-order valence-corrected chi connectivity index (χ4v) is 1.76. The van der Waals surface area contributed by atoms with E-state index in [1.165, 1.54) is 19.3 Å². The van der Waals surface area contributed by atoms with Gasteiger partial charge >= 0.3 is 0 Å². The molecule has 0 spiro atoms. The predicted octanol–water partition coefficient (Wildman–Crippen LogP) is -0.327. The molecule has 0 aromatic carbocycles. The molecular weight excluding hydrogens is 228 g/mol. The van der Waals surface area contributed by atoms with Crippen molar-refractivity contribution in [2.75, 3.05) is 52.4 Å². The molecule has 5 heteroatoms. The molecule has 1 rings (SSSR count). The lowest BCUT2D eigenvalue weighted by atomic mass is 10.3. The fraction of sp³-hybridized carbons (Fsp3) is 1.00. The lowest BCUT2D eigenvalue weighted by molar-refractivity contribution is 0.396. The van der Waals surface area contributed by atoms with Crippen molar-refractivity contribution in [2.45, 2.75) is 31.8 Å². The van der Waals surface area contributed by atoms with E-state index < -0.39 is 0 Å². The Balaban J connectivity index is 1.60. The van der Waals surface area contributed by atoms with Gasteiger partial charge in [0.25, 0.3) is 0 Å². The second kappa shape index (κ2) is 11.9. The maximum atomic E-state index is 5.42. The van der Waals surface area contributed by atoms with Crippen LogP contribution in [0, 0.1) is 0 Å². The SMILES string of the molecule is NCCCNCCCCNCCCNCC1CO1. The zero-order chi connectivity index (χ0) is 12.9. The van der Waals surface area contributed by atoms with Gasteiger partial charge in [-0.05, 0) is 65.0 Å². The topological polar surface area (TPSA) is 74.6 Å². The van der Waals surface area contributed by atoms with Gasteiger partial charge < -0.3 is 26.4 Å². The third-order valence-electron chi connectivity index (χ3n) is 3.00. The first-order valence-corrected chi connectivity index (χ1v) is 7.37. The second-order valence-electron chi connectivity index (χ2n) is 4.86. The summed E-state index contributed by atoms with van der Waals surface area (Å²) in [6.07, 6.45) is 5.27. The van der Waals surface area contributed by atoms with Crippen molar-refractivity contribution in [3.8, 4) is 0 Å². The highest BCUT2D eigenvalue weighted by atomic mass is 16.6. The van der Waals surface area contributed by atoms with E-state index in [0.29, 0.717) is 6.10 Å². The summed E-state index contributed by atoms with van der Waals surface area (Å²) < 4.78 is 5.12. The Hall–Kier alpha value is -0.200. The van der Waals surface area contributed by atoms with Crippen LogP contribution in [0.3, 0.4) is 0 Å². The van der Waals surface area contributed by atoms with Crippen molar-refractivity contribution in [3.05, 3.63) is 0 Å². The smallest absolute Gasteiger partial charge is 0.0933 e. The van der Waals surface area contributed by atoms with E-state index >= 15 is 0 Å². The summed E-state index contributed by atoms with van der Waals surface area (Å²) in [7, 11) is 0. The number of hydrogen-bond donors (Lipinski definition) is 4. The molecule has 5 nitrogen and oxygen atoms in total. The van der Waals surface area contributed by atoms with Crippen molar-refractivity contribution in [1.29, 1.82) is 0 Å². The predicted molar refractivity (Wildman–Crippen MR) is 75.9 cm³/mol. The molecule has 0 bridgehead atoms. The van der Waals surface area contributed by atoms with E-state index in [0.717, 1.165) is 58.8 Å². The maximum Gasteiger partial charge on any atom is 0.0933 e. The molecule has 5 N–H and O–H groups in total. The Morgan fingerprint density at radius 3 is 2.00 bits per heavy atom. The number of unbranched alkanes of at least 4 members (excludes halogenated alkanes) is 1. The number of nitrogens with two attached hydrogens (primary N) is 1. The first-order chi connectivity index (χ1) is 8.93. The summed E-state index contributed by atoms with van der Waals surface area (Å²) in [6.45, 7) is 8.26. The first-order valence-electron chi connectivity index (χ1n) is 7.37. The standard InChI is InChI=1S/C13H30N4O/c14-5-3-8-15-6-1-2-7-16-9-4-10-17-11-13-12-18-13/h13,15-17H,1-12,14H2. The highest BCUT2D eigenvalue weighted by Gasteiger charge is 2.20. The maximum absolute atomic E-state index is 5.42. The van der Waals surface area contributed by atoms with Crippen molar-refractivity contribution >= 4 is 0 Å². The van der Waals surface area contributed by atoms with Crippen LogP contribution in [-0.2, 0) is 4.74 Å². The van der Waals surface area contributed by atoms with E-state index in [4.69, 9.17) is 10.5 Å². The molecular formula is C13H30N4O. The number of nitrogens with one attached hydrogen (secondary N) is 3. The Labute approximate surface area is 111 Å². The molecule has 0 saturated carbocycles. The Morgan fingerprint density at radius 1 is 0.833 bits per heavy atom. The van der Waals surface area contributed by atoms with Gasteiger partial charge in [-0.2, -0.15) is 0 Å². The largest absolute Gasteiger partial charge is 0.372 e. The molecule has 1 fully saturated rings. The van der Waals surface area contributed by atoms with Crippen LogP contribution in [0.25, 0.3) is 0 Å². The quantitative estimate of drug-likeness (QED) is 0.254. The molecule has 108 valence electrons. The molecule has 1 unspecified atom stereocenters. The first kappa shape index (κ1) is 15.9. The van der Waals surface area contributed by atoms with Crippen LogP contribution in [0.15, 0.2) is 0 Å². The molecule has 0 amide bonds. The summed E-state index contributed by atoms with van der Waals surface area (Å²) >= 11 is 0. The van der Waals surface area contributed by atoms with Gasteiger partial charge in [-0.15, -0.1) is 0 Å². The van der Waals surface area contributed by atoms with Crippen LogP contribution in [0.4, 0.5) is 0 Å². The molecule has 1 aliphatic heterocycles. The van der Waals surface area contributed by atoms with E-state index in [1.807, 2.05) is 0 Å². The molecule has 18 heavy (non-hydrogen) atoms. The van der Waals surface area contributed by atoms with Gasteiger partial charge in [-0.25, -0.2) is 0 Å². The highest BCUT2D eigenvalue weighted by molar-refractivity contribution is 4.71. The van der Waals surface area contributed by atoms with Gasteiger partial charge in [0.1, 0.15) is 0 Å². The van der Waals surface area contributed by atoms with Crippen LogP contribution in [0.5, 0.6) is 0 Å². The van der Waals surface area contributed by atoms with Crippen LogP contribution in [-0.4, -0.2) is 58.5 Å². The molecule has 1 heterocycles. The summed E-state index contributed by atoms with van der Waals surface area (Å²) in [5.74, 6) is 0. The molecule has 1 atom stereocenters. The van der Waals surface area contributed by atoms with Crippen molar-refractivity contribution in [2.24, 2.45) is 5.73 Å². The Morgan fingerprint density at radius 2 is 1.39 bits per heavy atom. The molecule has 1 aliphatic rings. The third-order valence-corrected chi connectivity index (χ3v) is 3.00. The van der Waals surface area contributed by atoms with Gasteiger partial charge in [0.2, 0.25) is 0 Å². The average Bonchev–Trinajstić information content (AvgIpc) is 3.19. The van der Waals surface area contributed by atoms with Crippen molar-refractivity contribution in [3.63, 3.8) is 0 Å². The van der Waals surface area contributed by atoms with Gasteiger partial charge in [0.15, 0.2) is 0 Å². The monoisotopic (exact) mass is 258 g/mol. The molecule has 0 aromatic rings. The molecule has 0 radical (unpaired) electrons. The van der Waals surface area contributed by atoms with Gasteiger partial charge in [-0.1, -0.05) is 0 Å². The normalized spacial score (nSPS) is 18.2. The van der Waals surface area contributed by atoms with E-state index in [2.05, 4.69) is 16.0 Å². The van der Waals surface area contributed by atoms with Gasteiger partial charge in [-0.3, -0.25) is 0 Å². The van der Waals surface area contributed by atoms with Gasteiger partial charge in [0, 0.05) is 6.54 Å². The minimum absolute atomic E-state index is 0.504. The minimum atomic E-state index is 0.504. The zero-order valence-electron chi connectivity index (χ0n) is 11.5.